The number of likely N-dealkylation sites (tertiary alicyclic amines) is 1. The van der Waals surface area contributed by atoms with E-state index in [2.05, 4.69) is 12.2 Å². The number of nitrogens with one attached hydrogen (secondary N) is 1. The van der Waals surface area contributed by atoms with Crippen molar-refractivity contribution in [1.82, 2.24) is 15.1 Å². The maximum absolute atomic E-state index is 12.8. The first-order valence-electron chi connectivity index (χ1n) is 9.85. The topological polar surface area (TPSA) is 96.0 Å². The Morgan fingerprint density at radius 1 is 1.17 bits per heavy atom. The Hall–Kier alpha value is -2.90. The van der Waals surface area contributed by atoms with Crippen molar-refractivity contribution in [1.29, 1.82) is 0 Å². The summed E-state index contributed by atoms with van der Waals surface area (Å²) < 4.78 is 5.03. The van der Waals surface area contributed by atoms with E-state index in [1.165, 1.54) is 0 Å². The molecule has 8 heteroatoms. The molecule has 8 nitrogen and oxygen atoms in total. The zero-order valence-electron chi connectivity index (χ0n) is 17.1. The molecule has 2 aliphatic heterocycles. The first kappa shape index (κ1) is 20.8. The number of carbonyl (C=O) groups is 4. The fourth-order valence-electron chi connectivity index (χ4n) is 3.59. The van der Waals surface area contributed by atoms with Gasteiger partial charge in [0.2, 0.25) is 0 Å². The van der Waals surface area contributed by atoms with Crippen LogP contribution in [0.2, 0.25) is 0 Å². The van der Waals surface area contributed by atoms with Crippen molar-refractivity contribution in [2.45, 2.75) is 39.2 Å². The van der Waals surface area contributed by atoms with Crippen molar-refractivity contribution in [3.05, 3.63) is 35.4 Å². The number of carbonyl (C=O) groups excluding carboxylic acids is 4. The number of urea groups is 1. The predicted octanol–water partition coefficient (Wildman–Crippen LogP) is 1.56. The van der Waals surface area contributed by atoms with Gasteiger partial charge in [0.25, 0.3) is 11.8 Å². The Morgan fingerprint density at radius 2 is 1.79 bits per heavy atom. The monoisotopic (exact) mass is 401 g/mol. The van der Waals surface area contributed by atoms with Gasteiger partial charge in [-0.1, -0.05) is 36.8 Å². The largest absolute Gasteiger partial charge is 0.454 e. The molecule has 4 amide bonds. The highest BCUT2D eigenvalue weighted by molar-refractivity contribution is 6.08. The van der Waals surface area contributed by atoms with E-state index in [9.17, 15) is 19.2 Å². The summed E-state index contributed by atoms with van der Waals surface area (Å²) in [6, 6.07) is 6.58. The Bertz CT molecular complexity index is 814. The molecule has 2 fully saturated rings. The number of aryl methyl sites for hydroxylation is 1. The lowest BCUT2D eigenvalue weighted by molar-refractivity contribution is -0.154. The zero-order chi connectivity index (χ0) is 21.2. The van der Waals surface area contributed by atoms with Crippen LogP contribution in [0.5, 0.6) is 0 Å². The second-order valence-electron chi connectivity index (χ2n) is 8.04. The number of piperidine rings is 1. The number of ether oxygens (including phenoxy) is 1. The first-order valence-corrected chi connectivity index (χ1v) is 9.85. The third kappa shape index (κ3) is 4.41. The second kappa shape index (κ2) is 8.23. The molecule has 156 valence electrons. The van der Waals surface area contributed by atoms with Gasteiger partial charge in [-0.15, -0.1) is 0 Å². The number of hydrogen-bond acceptors (Lipinski definition) is 5. The van der Waals surface area contributed by atoms with Crippen LogP contribution in [-0.4, -0.2) is 59.9 Å². The minimum Gasteiger partial charge on any atom is -0.454 e. The molecule has 0 spiro atoms. The van der Waals surface area contributed by atoms with Crippen molar-refractivity contribution in [2.75, 3.05) is 26.2 Å². The van der Waals surface area contributed by atoms with Crippen molar-refractivity contribution < 1.29 is 23.9 Å². The van der Waals surface area contributed by atoms with E-state index in [1.807, 2.05) is 19.1 Å². The highest BCUT2D eigenvalue weighted by Crippen LogP contribution is 2.29. The van der Waals surface area contributed by atoms with E-state index in [-0.39, 0.29) is 12.5 Å². The standard InChI is InChI=1S/C21H27N3O5/c1-14-4-6-16(7-5-14)21(3)19(27)24(20(28)22-21)12-18(26)29-13-17(25)23-10-8-15(2)9-11-23/h4-7,15H,8-13H2,1-3H3,(H,22,28)/t21-/m0/s1. The second-order valence-corrected chi connectivity index (χ2v) is 8.04. The molecule has 2 aliphatic rings. The summed E-state index contributed by atoms with van der Waals surface area (Å²) in [6.07, 6.45) is 1.86. The minimum atomic E-state index is -1.24. The summed E-state index contributed by atoms with van der Waals surface area (Å²) in [4.78, 5) is 52.0. The fourth-order valence-corrected chi connectivity index (χ4v) is 3.59. The SMILES string of the molecule is Cc1ccc([C@]2(C)NC(=O)N(CC(=O)OCC(=O)N3CCC(C)CC3)C2=O)cc1. The zero-order valence-corrected chi connectivity index (χ0v) is 17.1. The highest BCUT2D eigenvalue weighted by atomic mass is 16.5. The number of imide groups is 1. The average molecular weight is 401 g/mol. The Kier molecular flexibility index (Phi) is 5.91. The van der Waals surface area contributed by atoms with Crippen molar-refractivity contribution in [2.24, 2.45) is 5.92 Å². The van der Waals surface area contributed by atoms with Crippen LogP contribution in [0.4, 0.5) is 4.79 Å². The fraction of sp³-hybridized carbons (Fsp3) is 0.524. The van der Waals surface area contributed by atoms with E-state index in [0.717, 1.165) is 23.3 Å². The molecule has 2 heterocycles. The van der Waals surface area contributed by atoms with Gasteiger partial charge in [-0.2, -0.15) is 0 Å². The Morgan fingerprint density at radius 3 is 2.41 bits per heavy atom. The van der Waals surface area contributed by atoms with Crippen LogP contribution in [0.3, 0.4) is 0 Å². The van der Waals surface area contributed by atoms with Gasteiger partial charge in [0.05, 0.1) is 0 Å². The molecule has 0 unspecified atom stereocenters. The normalized spacial score (nSPS) is 22.6. The lowest BCUT2D eigenvalue weighted by Gasteiger charge is -2.30. The molecule has 0 saturated carbocycles. The van der Waals surface area contributed by atoms with Crippen LogP contribution in [-0.2, 0) is 24.7 Å². The molecule has 1 atom stereocenters. The summed E-state index contributed by atoms with van der Waals surface area (Å²) >= 11 is 0. The summed E-state index contributed by atoms with van der Waals surface area (Å²) in [6.45, 7) is 6.06. The van der Waals surface area contributed by atoms with Crippen LogP contribution < -0.4 is 5.32 Å². The molecule has 1 aromatic carbocycles. The van der Waals surface area contributed by atoms with E-state index in [4.69, 9.17) is 4.74 Å². The van der Waals surface area contributed by atoms with Crippen molar-refractivity contribution in [3.63, 3.8) is 0 Å². The Balaban J connectivity index is 1.56. The van der Waals surface area contributed by atoms with Gasteiger partial charge in [-0.3, -0.25) is 19.3 Å². The molecule has 29 heavy (non-hydrogen) atoms. The molecule has 3 rings (SSSR count). The lowest BCUT2D eigenvalue weighted by atomic mass is 9.91. The maximum Gasteiger partial charge on any atom is 0.326 e. The number of rotatable bonds is 5. The van der Waals surface area contributed by atoms with Crippen LogP contribution in [0.1, 0.15) is 37.8 Å². The van der Waals surface area contributed by atoms with Gasteiger partial charge >= 0.3 is 12.0 Å². The minimum absolute atomic E-state index is 0.257. The number of nitrogens with zero attached hydrogens (tertiary/aromatic N) is 2. The molecule has 0 aromatic heterocycles. The van der Waals surface area contributed by atoms with Gasteiger partial charge in [0, 0.05) is 13.1 Å². The summed E-state index contributed by atoms with van der Waals surface area (Å²) in [5, 5.41) is 2.65. The third-order valence-electron chi connectivity index (χ3n) is 5.68. The van der Waals surface area contributed by atoms with Crippen LogP contribution >= 0.6 is 0 Å². The molecule has 2 saturated heterocycles. The Labute approximate surface area is 170 Å². The highest BCUT2D eigenvalue weighted by Gasteiger charge is 2.49. The number of benzene rings is 1. The summed E-state index contributed by atoms with van der Waals surface area (Å²) in [5.41, 5.74) is 0.417. The smallest absolute Gasteiger partial charge is 0.326 e. The van der Waals surface area contributed by atoms with Crippen LogP contribution in [0, 0.1) is 12.8 Å². The molecule has 1 aromatic rings. The van der Waals surface area contributed by atoms with Crippen LogP contribution in [0.15, 0.2) is 24.3 Å². The maximum atomic E-state index is 12.8. The van der Waals surface area contributed by atoms with Gasteiger partial charge in [-0.05, 0) is 38.2 Å². The molecule has 0 aliphatic carbocycles. The van der Waals surface area contributed by atoms with E-state index in [0.29, 0.717) is 24.6 Å². The van der Waals surface area contributed by atoms with Gasteiger partial charge in [0.1, 0.15) is 12.1 Å². The molecule has 1 N–H and O–H groups in total. The summed E-state index contributed by atoms with van der Waals surface area (Å²) in [7, 11) is 0. The summed E-state index contributed by atoms with van der Waals surface area (Å²) in [5.74, 6) is -0.990. The van der Waals surface area contributed by atoms with Crippen molar-refractivity contribution in [3.8, 4) is 0 Å². The number of amides is 4. The van der Waals surface area contributed by atoms with E-state index in [1.54, 1.807) is 24.0 Å². The number of hydrogen-bond donors (Lipinski definition) is 1. The molecule has 0 radical (unpaired) electrons. The van der Waals surface area contributed by atoms with E-state index >= 15 is 0 Å². The third-order valence-corrected chi connectivity index (χ3v) is 5.68. The van der Waals surface area contributed by atoms with Crippen LogP contribution in [0.25, 0.3) is 0 Å². The average Bonchev–Trinajstić information content (AvgIpc) is 2.91. The molecule has 0 bridgehead atoms. The lowest BCUT2D eigenvalue weighted by Crippen LogP contribution is -2.42. The van der Waals surface area contributed by atoms with Gasteiger partial charge < -0.3 is 15.0 Å². The van der Waals surface area contributed by atoms with Crippen molar-refractivity contribution >= 4 is 23.8 Å². The molecular formula is C21H27N3O5. The predicted molar refractivity (Wildman–Crippen MR) is 105 cm³/mol. The molecular weight excluding hydrogens is 374 g/mol. The first-order chi connectivity index (χ1) is 13.7. The quantitative estimate of drug-likeness (QED) is 0.597. The van der Waals surface area contributed by atoms with E-state index < -0.39 is 30.0 Å². The van der Waals surface area contributed by atoms with Gasteiger partial charge in [-0.25, -0.2) is 4.79 Å². The van der Waals surface area contributed by atoms with Gasteiger partial charge in [0.15, 0.2) is 6.61 Å². The number of esters is 1.